The number of benzene rings is 1. The van der Waals surface area contributed by atoms with Crippen molar-refractivity contribution in [2.24, 2.45) is 5.92 Å². The number of hydrogen-bond acceptors (Lipinski definition) is 4. The molecule has 0 aliphatic heterocycles. The van der Waals surface area contributed by atoms with E-state index in [-0.39, 0.29) is 12.1 Å². The predicted octanol–water partition coefficient (Wildman–Crippen LogP) is 2.06. The van der Waals surface area contributed by atoms with Crippen molar-refractivity contribution in [3.05, 3.63) is 59.8 Å². The number of nitrogens with zero attached hydrogens (tertiary/aromatic N) is 1. The highest BCUT2D eigenvalue weighted by Crippen LogP contribution is 2.11. The summed E-state index contributed by atoms with van der Waals surface area (Å²) in [5.74, 6) is -3.12. The molecule has 0 aliphatic rings. The van der Waals surface area contributed by atoms with Gasteiger partial charge in [-0.25, -0.2) is 4.39 Å². The summed E-state index contributed by atoms with van der Waals surface area (Å²) < 4.78 is 18.1. The Morgan fingerprint density at radius 2 is 2.14 bits per heavy atom. The number of furan rings is 1. The monoisotopic (exact) mass is 286 g/mol. The third-order valence-electron chi connectivity index (χ3n) is 2.78. The van der Waals surface area contributed by atoms with E-state index in [2.05, 4.69) is 5.32 Å². The van der Waals surface area contributed by atoms with Crippen molar-refractivity contribution in [2.75, 3.05) is 0 Å². The zero-order valence-corrected chi connectivity index (χ0v) is 10.9. The minimum absolute atomic E-state index is 0.0188. The maximum Gasteiger partial charge on any atom is 0.245 e. The van der Waals surface area contributed by atoms with Crippen LogP contribution in [0.2, 0.25) is 0 Å². The van der Waals surface area contributed by atoms with Crippen molar-refractivity contribution in [1.29, 1.82) is 5.26 Å². The van der Waals surface area contributed by atoms with Crippen LogP contribution >= 0.6 is 0 Å². The van der Waals surface area contributed by atoms with Gasteiger partial charge in [0.15, 0.2) is 11.7 Å². The molecule has 1 heterocycles. The number of carbonyl (C=O) groups excluding carboxylic acids is 2. The SMILES string of the molecule is N#C[C@@H](C(=O)NCc1ccco1)C(=O)c1cccc(F)c1. The molecule has 1 amide bonds. The van der Waals surface area contributed by atoms with Gasteiger partial charge in [0.05, 0.1) is 18.9 Å². The summed E-state index contributed by atoms with van der Waals surface area (Å²) in [6.45, 7) is 0.0699. The van der Waals surface area contributed by atoms with E-state index in [0.29, 0.717) is 5.76 Å². The van der Waals surface area contributed by atoms with E-state index in [4.69, 9.17) is 9.68 Å². The highest BCUT2D eigenvalue weighted by molar-refractivity contribution is 6.12. The number of ketones is 1. The van der Waals surface area contributed by atoms with E-state index >= 15 is 0 Å². The maximum absolute atomic E-state index is 13.1. The molecule has 0 saturated carbocycles. The first-order chi connectivity index (χ1) is 10.1. The van der Waals surface area contributed by atoms with Crippen LogP contribution in [0, 0.1) is 23.1 Å². The first-order valence-electron chi connectivity index (χ1n) is 6.11. The van der Waals surface area contributed by atoms with Crippen LogP contribution in [-0.4, -0.2) is 11.7 Å². The number of rotatable bonds is 5. The summed E-state index contributed by atoms with van der Waals surface area (Å²) in [5.41, 5.74) is -0.0188. The fourth-order valence-electron chi connectivity index (χ4n) is 1.73. The third-order valence-corrected chi connectivity index (χ3v) is 2.78. The number of hydrogen-bond donors (Lipinski definition) is 1. The smallest absolute Gasteiger partial charge is 0.245 e. The van der Waals surface area contributed by atoms with Crippen LogP contribution in [-0.2, 0) is 11.3 Å². The summed E-state index contributed by atoms with van der Waals surface area (Å²) in [6, 6.07) is 9.81. The van der Waals surface area contributed by atoms with Crippen molar-refractivity contribution in [1.82, 2.24) is 5.32 Å². The molecule has 0 unspecified atom stereocenters. The lowest BCUT2D eigenvalue weighted by molar-refractivity contribution is -0.122. The highest BCUT2D eigenvalue weighted by atomic mass is 19.1. The molecule has 0 saturated heterocycles. The van der Waals surface area contributed by atoms with Gasteiger partial charge in [-0.15, -0.1) is 0 Å². The molecule has 106 valence electrons. The van der Waals surface area contributed by atoms with Crippen LogP contribution < -0.4 is 5.32 Å². The Hall–Kier alpha value is -2.94. The number of Topliss-reactive ketones (excluding diaryl/α,β-unsaturated/α-hetero) is 1. The van der Waals surface area contributed by atoms with E-state index in [1.165, 1.54) is 24.5 Å². The number of nitriles is 1. The number of amides is 1. The van der Waals surface area contributed by atoms with Gasteiger partial charge < -0.3 is 9.73 Å². The fourth-order valence-corrected chi connectivity index (χ4v) is 1.73. The molecular formula is C15H11FN2O3. The Balaban J connectivity index is 2.06. The molecule has 2 aromatic rings. The second-order valence-electron chi connectivity index (χ2n) is 4.23. The van der Waals surface area contributed by atoms with E-state index in [1.807, 2.05) is 0 Å². The molecule has 6 heteroatoms. The fraction of sp³-hybridized carbons (Fsp3) is 0.133. The largest absolute Gasteiger partial charge is 0.467 e. The normalized spacial score (nSPS) is 11.4. The zero-order chi connectivity index (χ0) is 15.2. The molecule has 1 atom stereocenters. The molecule has 2 rings (SSSR count). The van der Waals surface area contributed by atoms with Crippen molar-refractivity contribution >= 4 is 11.7 Å². The lowest BCUT2D eigenvalue weighted by Gasteiger charge is -2.08. The van der Waals surface area contributed by atoms with Gasteiger partial charge in [0.25, 0.3) is 0 Å². The number of halogens is 1. The van der Waals surface area contributed by atoms with Gasteiger partial charge in [-0.3, -0.25) is 9.59 Å². The summed E-state index contributed by atoms with van der Waals surface area (Å²) in [7, 11) is 0. The topological polar surface area (TPSA) is 83.1 Å². The molecule has 0 spiro atoms. The maximum atomic E-state index is 13.1. The summed E-state index contributed by atoms with van der Waals surface area (Å²) >= 11 is 0. The third kappa shape index (κ3) is 3.54. The molecule has 5 nitrogen and oxygen atoms in total. The van der Waals surface area contributed by atoms with Crippen LogP contribution in [0.25, 0.3) is 0 Å². The Bertz CT molecular complexity index is 689. The van der Waals surface area contributed by atoms with Gasteiger partial charge >= 0.3 is 0 Å². The molecule has 1 aromatic heterocycles. The standard InChI is InChI=1S/C15H11FN2O3/c16-11-4-1-3-10(7-11)14(19)13(8-17)15(20)18-9-12-5-2-6-21-12/h1-7,13H,9H2,(H,18,20)/t13-/m1/s1. The van der Waals surface area contributed by atoms with Gasteiger partial charge in [-0.2, -0.15) is 5.26 Å². The van der Waals surface area contributed by atoms with Gasteiger partial charge in [0, 0.05) is 5.56 Å². The first kappa shape index (κ1) is 14.5. The second-order valence-corrected chi connectivity index (χ2v) is 4.23. The molecule has 0 fully saturated rings. The van der Waals surface area contributed by atoms with Crippen molar-refractivity contribution in [2.45, 2.75) is 6.54 Å². The van der Waals surface area contributed by atoms with Crippen molar-refractivity contribution in [3.8, 4) is 6.07 Å². The van der Waals surface area contributed by atoms with Crippen molar-refractivity contribution < 1.29 is 18.4 Å². The lowest BCUT2D eigenvalue weighted by atomic mass is 9.98. The molecule has 1 N–H and O–H groups in total. The Morgan fingerprint density at radius 3 is 2.76 bits per heavy atom. The first-order valence-corrected chi connectivity index (χ1v) is 6.11. The molecule has 0 aliphatic carbocycles. The van der Waals surface area contributed by atoms with Gasteiger partial charge in [0.1, 0.15) is 11.6 Å². The lowest BCUT2D eigenvalue weighted by Crippen LogP contribution is -2.34. The minimum atomic E-state index is -1.53. The summed E-state index contributed by atoms with van der Waals surface area (Å²) in [4.78, 5) is 23.9. The molecule has 21 heavy (non-hydrogen) atoms. The number of carbonyl (C=O) groups is 2. The van der Waals surface area contributed by atoms with E-state index < -0.39 is 23.4 Å². The number of nitrogens with one attached hydrogen (secondary N) is 1. The van der Waals surface area contributed by atoms with Crippen LogP contribution in [0.4, 0.5) is 4.39 Å². The summed E-state index contributed by atoms with van der Waals surface area (Å²) in [5, 5.41) is 11.4. The van der Waals surface area contributed by atoms with Crippen LogP contribution in [0.1, 0.15) is 16.1 Å². The Labute approximate surface area is 120 Å². The second kappa shape index (κ2) is 6.48. The minimum Gasteiger partial charge on any atom is -0.467 e. The van der Waals surface area contributed by atoms with Crippen LogP contribution in [0.3, 0.4) is 0 Å². The average Bonchev–Trinajstić information content (AvgIpc) is 2.99. The molecule has 0 radical (unpaired) electrons. The van der Waals surface area contributed by atoms with E-state index in [1.54, 1.807) is 18.2 Å². The van der Waals surface area contributed by atoms with Crippen LogP contribution in [0.15, 0.2) is 47.1 Å². The summed E-state index contributed by atoms with van der Waals surface area (Å²) in [6.07, 6.45) is 1.45. The quantitative estimate of drug-likeness (QED) is 0.673. The van der Waals surface area contributed by atoms with Gasteiger partial charge in [-0.1, -0.05) is 12.1 Å². The Morgan fingerprint density at radius 1 is 1.33 bits per heavy atom. The van der Waals surface area contributed by atoms with Gasteiger partial charge in [0.2, 0.25) is 5.91 Å². The Kier molecular flexibility index (Phi) is 4.46. The molecule has 1 aromatic carbocycles. The predicted molar refractivity (Wildman–Crippen MR) is 70.4 cm³/mol. The van der Waals surface area contributed by atoms with E-state index in [9.17, 15) is 14.0 Å². The average molecular weight is 286 g/mol. The molecular weight excluding hydrogens is 275 g/mol. The molecule has 0 bridgehead atoms. The van der Waals surface area contributed by atoms with Crippen LogP contribution in [0.5, 0.6) is 0 Å². The van der Waals surface area contributed by atoms with Gasteiger partial charge in [-0.05, 0) is 24.3 Å². The highest BCUT2D eigenvalue weighted by Gasteiger charge is 2.27. The van der Waals surface area contributed by atoms with Crippen molar-refractivity contribution in [3.63, 3.8) is 0 Å². The zero-order valence-electron chi connectivity index (χ0n) is 10.9. The van der Waals surface area contributed by atoms with E-state index in [0.717, 1.165) is 6.07 Å².